The van der Waals surface area contributed by atoms with Crippen molar-refractivity contribution in [2.45, 2.75) is 26.8 Å². The summed E-state index contributed by atoms with van der Waals surface area (Å²) >= 11 is 6.15. The normalized spacial score (nSPS) is 10.8. The van der Waals surface area contributed by atoms with Crippen molar-refractivity contribution in [3.05, 3.63) is 34.5 Å². The molecule has 0 bridgehead atoms. The van der Waals surface area contributed by atoms with Crippen LogP contribution < -0.4 is 4.90 Å². The van der Waals surface area contributed by atoms with Gasteiger partial charge < -0.3 is 4.90 Å². The average Bonchev–Trinajstić information content (AvgIpc) is 2.77. The fourth-order valence-corrected chi connectivity index (χ4v) is 2.13. The monoisotopic (exact) mass is 279 g/mol. The molecular formula is C13H18ClN5. The zero-order valence-electron chi connectivity index (χ0n) is 11.7. The van der Waals surface area contributed by atoms with Crippen LogP contribution in [0, 0.1) is 6.92 Å². The summed E-state index contributed by atoms with van der Waals surface area (Å²) in [7, 11) is 3.91. The van der Waals surface area contributed by atoms with Crippen LogP contribution in [0.4, 0.5) is 5.82 Å². The SMILES string of the molecule is CCc1nc(Cl)c(C)c(N(C)Cc2cnn(C)c2)n1. The second-order valence-electron chi connectivity index (χ2n) is 4.61. The minimum absolute atomic E-state index is 0.528. The summed E-state index contributed by atoms with van der Waals surface area (Å²) in [6.45, 7) is 4.70. The van der Waals surface area contributed by atoms with Gasteiger partial charge in [0.1, 0.15) is 16.8 Å². The Kier molecular flexibility index (Phi) is 4.04. The second kappa shape index (κ2) is 5.57. The standard InChI is InChI=1S/C13H18ClN5/c1-5-11-16-12(14)9(2)13(17-11)18(3)7-10-6-15-19(4)8-10/h6,8H,5,7H2,1-4H3. The van der Waals surface area contributed by atoms with Gasteiger partial charge in [0.05, 0.1) is 6.20 Å². The van der Waals surface area contributed by atoms with Crippen molar-refractivity contribution in [3.8, 4) is 0 Å². The van der Waals surface area contributed by atoms with E-state index in [1.165, 1.54) is 0 Å². The van der Waals surface area contributed by atoms with Gasteiger partial charge in [0.2, 0.25) is 0 Å². The first kappa shape index (κ1) is 13.8. The molecule has 0 aromatic carbocycles. The molecule has 0 aliphatic heterocycles. The molecule has 102 valence electrons. The third-order valence-electron chi connectivity index (χ3n) is 2.96. The molecule has 0 N–H and O–H groups in total. The Morgan fingerprint density at radius 1 is 1.37 bits per heavy atom. The van der Waals surface area contributed by atoms with E-state index in [4.69, 9.17) is 11.6 Å². The van der Waals surface area contributed by atoms with Gasteiger partial charge in [0.25, 0.3) is 0 Å². The number of rotatable bonds is 4. The van der Waals surface area contributed by atoms with Gasteiger partial charge in [-0.25, -0.2) is 9.97 Å². The van der Waals surface area contributed by atoms with E-state index in [1.807, 2.05) is 40.3 Å². The van der Waals surface area contributed by atoms with Crippen molar-refractivity contribution in [1.82, 2.24) is 19.7 Å². The predicted molar refractivity (Wildman–Crippen MR) is 76.5 cm³/mol. The van der Waals surface area contributed by atoms with Crippen LogP contribution in [0.1, 0.15) is 23.9 Å². The number of hydrogen-bond acceptors (Lipinski definition) is 4. The quantitative estimate of drug-likeness (QED) is 0.806. The van der Waals surface area contributed by atoms with Gasteiger partial charge in [0.15, 0.2) is 0 Å². The summed E-state index contributed by atoms with van der Waals surface area (Å²) < 4.78 is 1.79. The van der Waals surface area contributed by atoms with Crippen LogP contribution in [-0.4, -0.2) is 26.8 Å². The summed E-state index contributed by atoms with van der Waals surface area (Å²) in [4.78, 5) is 10.9. The van der Waals surface area contributed by atoms with Gasteiger partial charge in [0, 0.05) is 44.4 Å². The molecule has 0 spiro atoms. The maximum absolute atomic E-state index is 6.15. The van der Waals surface area contributed by atoms with Crippen LogP contribution >= 0.6 is 11.6 Å². The first-order valence-electron chi connectivity index (χ1n) is 6.23. The smallest absolute Gasteiger partial charge is 0.137 e. The molecule has 0 fully saturated rings. The third-order valence-corrected chi connectivity index (χ3v) is 3.33. The summed E-state index contributed by atoms with van der Waals surface area (Å²) in [5.74, 6) is 1.64. The molecule has 2 rings (SSSR count). The van der Waals surface area contributed by atoms with E-state index in [2.05, 4.69) is 20.0 Å². The van der Waals surface area contributed by atoms with E-state index in [0.717, 1.165) is 35.7 Å². The highest BCUT2D eigenvalue weighted by atomic mass is 35.5. The van der Waals surface area contributed by atoms with Gasteiger partial charge in [-0.2, -0.15) is 5.10 Å². The molecule has 6 heteroatoms. The van der Waals surface area contributed by atoms with E-state index < -0.39 is 0 Å². The molecule has 0 atom stereocenters. The van der Waals surface area contributed by atoms with Crippen LogP contribution in [0.15, 0.2) is 12.4 Å². The fraction of sp³-hybridized carbons (Fsp3) is 0.462. The Morgan fingerprint density at radius 3 is 2.68 bits per heavy atom. The lowest BCUT2D eigenvalue weighted by molar-refractivity contribution is 0.766. The Hall–Kier alpha value is -1.62. The lowest BCUT2D eigenvalue weighted by Crippen LogP contribution is -2.20. The zero-order valence-corrected chi connectivity index (χ0v) is 12.4. The zero-order chi connectivity index (χ0) is 14.0. The molecule has 0 saturated heterocycles. The number of aryl methyl sites for hydroxylation is 2. The molecule has 2 aromatic heterocycles. The molecule has 0 radical (unpaired) electrons. The van der Waals surface area contributed by atoms with E-state index >= 15 is 0 Å². The largest absolute Gasteiger partial charge is 0.355 e. The molecule has 0 unspecified atom stereocenters. The van der Waals surface area contributed by atoms with E-state index in [0.29, 0.717) is 5.15 Å². The second-order valence-corrected chi connectivity index (χ2v) is 4.97. The van der Waals surface area contributed by atoms with Crippen LogP contribution in [-0.2, 0) is 20.0 Å². The topological polar surface area (TPSA) is 46.8 Å². The molecular weight excluding hydrogens is 262 g/mol. The average molecular weight is 280 g/mol. The predicted octanol–water partition coefficient (Wildman–Crippen LogP) is 2.37. The van der Waals surface area contributed by atoms with Crippen molar-refractivity contribution < 1.29 is 0 Å². The van der Waals surface area contributed by atoms with Crippen LogP contribution in [0.5, 0.6) is 0 Å². The summed E-state index contributed by atoms with van der Waals surface area (Å²) in [5.41, 5.74) is 2.04. The molecule has 19 heavy (non-hydrogen) atoms. The first-order chi connectivity index (χ1) is 9.01. The molecule has 0 amide bonds. The van der Waals surface area contributed by atoms with E-state index in [1.54, 1.807) is 4.68 Å². The van der Waals surface area contributed by atoms with E-state index in [-0.39, 0.29) is 0 Å². The van der Waals surface area contributed by atoms with Gasteiger partial charge >= 0.3 is 0 Å². The van der Waals surface area contributed by atoms with Crippen molar-refractivity contribution in [2.24, 2.45) is 7.05 Å². The summed E-state index contributed by atoms with van der Waals surface area (Å²) in [6.07, 6.45) is 4.62. The first-order valence-corrected chi connectivity index (χ1v) is 6.60. The molecule has 0 aliphatic rings. The summed E-state index contributed by atoms with van der Waals surface area (Å²) in [5, 5.41) is 4.70. The van der Waals surface area contributed by atoms with Crippen molar-refractivity contribution >= 4 is 17.4 Å². The Balaban J connectivity index is 2.27. The van der Waals surface area contributed by atoms with E-state index in [9.17, 15) is 0 Å². The minimum atomic E-state index is 0.528. The Bertz CT molecular complexity index is 578. The number of halogens is 1. The highest BCUT2D eigenvalue weighted by Crippen LogP contribution is 2.23. The molecule has 2 aromatic rings. The van der Waals surface area contributed by atoms with Crippen LogP contribution in [0.3, 0.4) is 0 Å². The molecule has 5 nitrogen and oxygen atoms in total. The molecule has 0 saturated carbocycles. The highest BCUT2D eigenvalue weighted by Gasteiger charge is 2.13. The van der Waals surface area contributed by atoms with Gasteiger partial charge in [-0.15, -0.1) is 0 Å². The molecule has 0 aliphatic carbocycles. The highest BCUT2D eigenvalue weighted by molar-refractivity contribution is 6.30. The Morgan fingerprint density at radius 2 is 2.11 bits per heavy atom. The van der Waals surface area contributed by atoms with Crippen molar-refractivity contribution in [1.29, 1.82) is 0 Å². The minimum Gasteiger partial charge on any atom is -0.355 e. The molecule has 2 heterocycles. The lowest BCUT2D eigenvalue weighted by atomic mass is 10.2. The van der Waals surface area contributed by atoms with Crippen molar-refractivity contribution in [2.75, 3.05) is 11.9 Å². The van der Waals surface area contributed by atoms with Gasteiger partial charge in [-0.1, -0.05) is 18.5 Å². The van der Waals surface area contributed by atoms with Gasteiger partial charge in [-0.05, 0) is 6.92 Å². The number of nitrogens with zero attached hydrogens (tertiary/aromatic N) is 5. The Labute approximate surface area is 118 Å². The maximum atomic E-state index is 6.15. The fourth-order valence-electron chi connectivity index (χ4n) is 1.95. The van der Waals surface area contributed by atoms with Crippen LogP contribution in [0.25, 0.3) is 0 Å². The number of anilines is 1. The maximum Gasteiger partial charge on any atom is 0.137 e. The van der Waals surface area contributed by atoms with Gasteiger partial charge in [-0.3, -0.25) is 4.68 Å². The third kappa shape index (κ3) is 3.04. The van der Waals surface area contributed by atoms with Crippen LogP contribution in [0.2, 0.25) is 5.15 Å². The summed E-state index contributed by atoms with van der Waals surface area (Å²) in [6, 6.07) is 0. The number of aromatic nitrogens is 4. The lowest BCUT2D eigenvalue weighted by Gasteiger charge is -2.20. The van der Waals surface area contributed by atoms with Crippen molar-refractivity contribution in [3.63, 3.8) is 0 Å². The number of hydrogen-bond donors (Lipinski definition) is 0.